The van der Waals surface area contributed by atoms with Crippen LogP contribution in [0.2, 0.25) is 0 Å². The Kier molecular flexibility index (Phi) is 3.41. The first-order chi connectivity index (χ1) is 9.35. The fraction of sp³-hybridized carbons (Fsp3) is 0.462. The van der Waals surface area contributed by atoms with Crippen molar-refractivity contribution < 1.29 is 4.74 Å². The Morgan fingerprint density at radius 1 is 1.42 bits per heavy atom. The van der Waals surface area contributed by atoms with E-state index in [1.165, 1.54) is 11.1 Å². The van der Waals surface area contributed by atoms with Gasteiger partial charge in [0.2, 0.25) is 0 Å². The molecule has 0 fully saturated rings. The quantitative estimate of drug-likeness (QED) is 0.851. The van der Waals surface area contributed by atoms with Crippen LogP contribution in [0.5, 0.6) is 5.75 Å². The second kappa shape index (κ2) is 5.36. The van der Waals surface area contributed by atoms with Gasteiger partial charge in [0.1, 0.15) is 5.75 Å². The third-order valence-electron chi connectivity index (χ3n) is 3.58. The molecule has 1 heterocycles. The molecule has 2 aromatic rings. The summed E-state index contributed by atoms with van der Waals surface area (Å²) in [5.74, 6) is 1.63. The van der Waals surface area contributed by atoms with Crippen LogP contribution < -0.4 is 10.1 Å². The molecule has 6 heteroatoms. The van der Waals surface area contributed by atoms with E-state index in [1.54, 1.807) is 7.11 Å². The molecule has 0 amide bonds. The smallest absolute Gasteiger partial charge is 0.188 e. The van der Waals surface area contributed by atoms with E-state index in [4.69, 9.17) is 4.74 Å². The van der Waals surface area contributed by atoms with Gasteiger partial charge in [-0.3, -0.25) is 0 Å². The third-order valence-corrected chi connectivity index (χ3v) is 3.58. The minimum atomic E-state index is 0.457. The van der Waals surface area contributed by atoms with E-state index in [2.05, 4.69) is 38.1 Å². The van der Waals surface area contributed by atoms with Gasteiger partial charge in [-0.25, -0.2) is 0 Å². The van der Waals surface area contributed by atoms with Crippen molar-refractivity contribution in [3.8, 4) is 5.75 Å². The lowest BCUT2D eigenvalue weighted by Gasteiger charge is -2.25. The maximum Gasteiger partial charge on any atom is 0.188 e. The number of aryl methyl sites for hydroxylation is 1. The lowest BCUT2D eigenvalue weighted by molar-refractivity contribution is 0.410. The summed E-state index contributed by atoms with van der Waals surface area (Å²) in [6, 6.07) is 6.80. The summed E-state index contributed by atoms with van der Waals surface area (Å²) >= 11 is 0. The van der Waals surface area contributed by atoms with Gasteiger partial charge in [-0.2, -0.15) is 5.21 Å². The molecule has 1 aromatic carbocycles. The van der Waals surface area contributed by atoms with Gasteiger partial charge in [-0.15, -0.1) is 10.2 Å². The normalized spacial score (nSPS) is 18.1. The number of tetrazole rings is 1. The molecular formula is C13H17N5O. The summed E-state index contributed by atoms with van der Waals surface area (Å²) < 4.78 is 5.28. The fourth-order valence-corrected chi connectivity index (χ4v) is 2.53. The molecule has 0 saturated carbocycles. The maximum absolute atomic E-state index is 5.28. The van der Waals surface area contributed by atoms with Gasteiger partial charge < -0.3 is 10.1 Å². The number of aromatic amines is 1. The average Bonchev–Trinajstić information content (AvgIpc) is 2.97. The van der Waals surface area contributed by atoms with Crippen LogP contribution in [-0.4, -0.2) is 33.8 Å². The number of nitrogens with one attached hydrogen (secondary N) is 2. The number of H-pyrrole nitrogens is 1. The zero-order chi connectivity index (χ0) is 13.1. The SMILES string of the molecule is COc1ccc2c(c1)CC(NCc1nn[nH]n1)CC2. The Morgan fingerprint density at radius 3 is 3.16 bits per heavy atom. The number of aromatic nitrogens is 4. The topological polar surface area (TPSA) is 75.7 Å². The standard InChI is InChI=1S/C13H17N5O/c1-19-12-5-3-9-2-4-11(6-10(9)7-12)14-8-13-15-17-18-16-13/h3,5,7,11,14H,2,4,6,8H2,1H3,(H,15,16,17,18). The van der Waals surface area contributed by atoms with Crippen molar-refractivity contribution in [1.29, 1.82) is 0 Å². The lowest BCUT2D eigenvalue weighted by atomic mass is 9.88. The summed E-state index contributed by atoms with van der Waals surface area (Å²) in [6.45, 7) is 0.653. The van der Waals surface area contributed by atoms with Crippen molar-refractivity contribution in [2.45, 2.75) is 31.8 Å². The second-order valence-electron chi connectivity index (χ2n) is 4.78. The summed E-state index contributed by atoms with van der Waals surface area (Å²) in [6.07, 6.45) is 3.25. The number of hydrogen-bond acceptors (Lipinski definition) is 5. The highest BCUT2D eigenvalue weighted by atomic mass is 16.5. The highest BCUT2D eigenvalue weighted by Crippen LogP contribution is 2.25. The predicted molar refractivity (Wildman–Crippen MR) is 69.8 cm³/mol. The molecule has 1 aromatic heterocycles. The van der Waals surface area contributed by atoms with Crippen LogP contribution in [-0.2, 0) is 19.4 Å². The summed E-state index contributed by atoms with van der Waals surface area (Å²) in [4.78, 5) is 0. The number of hydrogen-bond donors (Lipinski definition) is 2. The van der Waals surface area contributed by atoms with Gasteiger partial charge >= 0.3 is 0 Å². The van der Waals surface area contributed by atoms with E-state index < -0.39 is 0 Å². The van der Waals surface area contributed by atoms with Crippen LogP contribution in [0.25, 0.3) is 0 Å². The lowest BCUT2D eigenvalue weighted by Crippen LogP contribution is -2.34. The van der Waals surface area contributed by atoms with E-state index in [1.807, 2.05) is 6.07 Å². The minimum absolute atomic E-state index is 0.457. The number of fused-ring (bicyclic) bond motifs is 1. The van der Waals surface area contributed by atoms with Crippen molar-refractivity contribution in [3.05, 3.63) is 35.2 Å². The number of ether oxygens (including phenoxy) is 1. The molecule has 3 rings (SSSR count). The molecule has 0 saturated heterocycles. The molecule has 0 spiro atoms. The summed E-state index contributed by atoms with van der Waals surface area (Å²) in [5, 5.41) is 17.4. The molecule has 1 aliphatic carbocycles. The zero-order valence-corrected chi connectivity index (χ0v) is 10.9. The van der Waals surface area contributed by atoms with Crippen molar-refractivity contribution in [3.63, 3.8) is 0 Å². The Balaban J connectivity index is 1.64. The van der Waals surface area contributed by atoms with Gasteiger partial charge in [0.05, 0.1) is 13.7 Å². The van der Waals surface area contributed by atoms with Crippen molar-refractivity contribution in [1.82, 2.24) is 25.9 Å². The Bertz CT molecular complexity index is 540. The van der Waals surface area contributed by atoms with E-state index in [-0.39, 0.29) is 0 Å². The van der Waals surface area contributed by atoms with Crippen molar-refractivity contribution >= 4 is 0 Å². The largest absolute Gasteiger partial charge is 0.497 e. The van der Waals surface area contributed by atoms with Gasteiger partial charge in [0, 0.05) is 6.04 Å². The first-order valence-corrected chi connectivity index (χ1v) is 6.46. The predicted octanol–water partition coefficient (Wildman–Crippen LogP) is 0.855. The highest BCUT2D eigenvalue weighted by Gasteiger charge is 2.19. The third kappa shape index (κ3) is 2.73. The maximum atomic E-state index is 5.28. The monoisotopic (exact) mass is 259 g/mol. The Hall–Kier alpha value is -1.95. The number of benzene rings is 1. The van der Waals surface area contributed by atoms with Crippen LogP contribution in [0.4, 0.5) is 0 Å². The molecule has 2 N–H and O–H groups in total. The van der Waals surface area contributed by atoms with Crippen LogP contribution in [0.1, 0.15) is 23.4 Å². The molecule has 1 atom stereocenters. The van der Waals surface area contributed by atoms with Gasteiger partial charge in [0.25, 0.3) is 0 Å². The van der Waals surface area contributed by atoms with Gasteiger partial charge in [0.15, 0.2) is 5.82 Å². The molecule has 0 aliphatic heterocycles. The van der Waals surface area contributed by atoms with Crippen LogP contribution in [0.15, 0.2) is 18.2 Å². The van der Waals surface area contributed by atoms with E-state index in [9.17, 15) is 0 Å². The molecule has 0 bridgehead atoms. The first-order valence-electron chi connectivity index (χ1n) is 6.46. The van der Waals surface area contributed by atoms with Crippen LogP contribution in [0.3, 0.4) is 0 Å². The number of methoxy groups -OCH3 is 1. The van der Waals surface area contributed by atoms with Crippen molar-refractivity contribution in [2.75, 3.05) is 7.11 Å². The van der Waals surface area contributed by atoms with E-state index in [0.29, 0.717) is 18.4 Å². The Morgan fingerprint density at radius 2 is 2.37 bits per heavy atom. The zero-order valence-electron chi connectivity index (χ0n) is 10.9. The molecule has 100 valence electrons. The fourth-order valence-electron chi connectivity index (χ4n) is 2.53. The van der Waals surface area contributed by atoms with Gasteiger partial charge in [-0.1, -0.05) is 11.3 Å². The Labute approximate surface area is 111 Å². The molecule has 19 heavy (non-hydrogen) atoms. The summed E-state index contributed by atoms with van der Waals surface area (Å²) in [5.41, 5.74) is 2.80. The van der Waals surface area contributed by atoms with Crippen LogP contribution in [0, 0.1) is 0 Å². The van der Waals surface area contributed by atoms with Gasteiger partial charge in [-0.05, 0) is 42.5 Å². The second-order valence-corrected chi connectivity index (χ2v) is 4.78. The molecule has 6 nitrogen and oxygen atoms in total. The molecule has 1 unspecified atom stereocenters. The minimum Gasteiger partial charge on any atom is -0.497 e. The van der Waals surface area contributed by atoms with E-state index in [0.717, 1.165) is 25.0 Å². The molecular weight excluding hydrogens is 242 g/mol. The van der Waals surface area contributed by atoms with Crippen LogP contribution >= 0.6 is 0 Å². The number of nitrogens with zero attached hydrogens (tertiary/aromatic N) is 3. The molecule has 0 radical (unpaired) electrons. The number of rotatable bonds is 4. The van der Waals surface area contributed by atoms with Crippen molar-refractivity contribution in [2.24, 2.45) is 0 Å². The van der Waals surface area contributed by atoms with E-state index >= 15 is 0 Å². The molecule has 1 aliphatic rings. The average molecular weight is 259 g/mol. The first kappa shape index (κ1) is 12.1. The highest BCUT2D eigenvalue weighted by molar-refractivity contribution is 5.37. The summed E-state index contributed by atoms with van der Waals surface area (Å²) in [7, 11) is 1.70.